The van der Waals surface area contributed by atoms with Gasteiger partial charge in [-0.25, -0.2) is 0 Å². The predicted molar refractivity (Wildman–Crippen MR) is 102 cm³/mol. The van der Waals surface area contributed by atoms with Crippen LogP contribution >= 0.6 is 0 Å². The highest BCUT2D eigenvalue weighted by atomic mass is 19.4. The third-order valence-corrected chi connectivity index (χ3v) is 5.23. The topological polar surface area (TPSA) is 27.8 Å². The molecule has 0 bridgehead atoms. The van der Waals surface area contributed by atoms with Crippen LogP contribution in [0.1, 0.15) is 29.5 Å². The van der Waals surface area contributed by atoms with Crippen molar-refractivity contribution in [3.63, 3.8) is 0 Å². The van der Waals surface area contributed by atoms with Crippen molar-refractivity contribution in [1.29, 1.82) is 0 Å². The van der Waals surface area contributed by atoms with Crippen molar-refractivity contribution in [3.05, 3.63) is 77.5 Å². The van der Waals surface area contributed by atoms with E-state index in [-0.39, 0.29) is 6.04 Å². The first kappa shape index (κ1) is 17.9. The summed E-state index contributed by atoms with van der Waals surface area (Å²) >= 11 is 0. The van der Waals surface area contributed by atoms with E-state index in [1.807, 2.05) is 12.3 Å². The number of aromatic nitrogens is 1. The third kappa shape index (κ3) is 3.93. The minimum absolute atomic E-state index is 0.258. The second-order valence-corrected chi connectivity index (χ2v) is 7.01. The Balaban J connectivity index is 1.45. The Morgan fingerprint density at radius 3 is 2.74 bits per heavy atom. The van der Waals surface area contributed by atoms with Crippen molar-refractivity contribution >= 4 is 16.5 Å². The molecule has 0 aliphatic carbocycles. The third-order valence-electron chi connectivity index (χ3n) is 5.23. The number of benzene rings is 2. The lowest BCUT2D eigenvalue weighted by Gasteiger charge is -2.25. The summed E-state index contributed by atoms with van der Waals surface area (Å²) in [5, 5.41) is 4.71. The Morgan fingerprint density at radius 1 is 1.04 bits per heavy atom. The fourth-order valence-corrected chi connectivity index (χ4v) is 3.80. The van der Waals surface area contributed by atoms with E-state index in [2.05, 4.69) is 34.6 Å². The first-order chi connectivity index (χ1) is 13.0. The minimum Gasteiger partial charge on any atom is -0.361 e. The zero-order valence-corrected chi connectivity index (χ0v) is 14.8. The van der Waals surface area contributed by atoms with Crippen LogP contribution in [0, 0.1) is 0 Å². The number of hydrogen-bond donors (Lipinski definition) is 2. The average molecular weight is 370 g/mol. The SMILES string of the molecule is FC(F)(F)c1cccc(C2=CCNC(CCc3cccc4[nH]ccc34)C2)c1. The summed E-state index contributed by atoms with van der Waals surface area (Å²) in [6, 6.07) is 14.2. The van der Waals surface area contributed by atoms with E-state index in [0.29, 0.717) is 12.1 Å². The molecule has 2 N–H and O–H groups in total. The number of rotatable bonds is 4. The zero-order chi connectivity index (χ0) is 18.9. The summed E-state index contributed by atoms with van der Waals surface area (Å²) in [6.45, 7) is 0.685. The Kier molecular flexibility index (Phi) is 4.79. The molecule has 2 heterocycles. The number of aromatic amines is 1. The van der Waals surface area contributed by atoms with Crippen molar-refractivity contribution < 1.29 is 13.2 Å². The van der Waals surface area contributed by atoms with Gasteiger partial charge in [0.05, 0.1) is 5.56 Å². The van der Waals surface area contributed by atoms with Crippen LogP contribution in [0.2, 0.25) is 0 Å². The maximum atomic E-state index is 13.0. The van der Waals surface area contributed by atoms with Crippen molar-refractivity contribution in [1.82, 2.24) is 10.3 Å². The van der Waals surface area contributed by atoms with Gasteiger partial charge in [-0.15, -0.1) is 0 Å². The maximum absolute atomic E-state index is 13.0. The van der Waals surface area contributed by atoms with Crippen molar-refractivity contribution in [2.45, 2.75) is 31.5 Å². The molecule has 5 heteroatoms. The Bertz CT molecular complexity index is 969. The molecule has 3 aromatic rings. The molecule has 1 aliphatic rings. The normalized spacial score (nSPS) is 17.9. The molecule has 2 nitrogen and oxygen atoms in total. The van der Waals surface area contributed by atoms with Crippen LogP contribution in [0.25, 0.3) is 16.5 Å². The van der Waals surface area contributed by atoms with Crippen LogP contribution < -0.4 is 5.32 Å². The van der Waals surface area contributed by atoms with Gasteiger partial charge in [-0.1, -0.05) is 30.3 Å². The summed E-state index contributed by atoms with van der Waals surface area (Å²) in [6.07, 6.45) is 2.26. The Labute approximate surface area is 156 Å². The molecule has 0 spiro atoms. The van der Waals surface area contributed by atoms with Crippen LogP contribution in [-0.2, 0) is 12.6 Å². The highest BCUT2D eigenvalue weighted by Crippen LogP contribution is 2.32. The van der Waals surface area contributed by atoms with Crippen LogP contribution in [0.15, 0.2) is 60.8 Å². The fraction of sp³-hybridized carbons (Fsp3) is 0.273. The van der Waals surface area contributed by atoms with E-state index in [0.717, 1.165) is 36.4 Å². The van der Waals surface area contributed by atoms with Crippen LogP contribution in [-0.4, -0.2) is 17.6 Å². The summed E-state index contributed by atoms with van der Waals surface area (Å²) in [7, 11) is 0. The molecular weight excluding hydrogens is 349 g/mol. The van der Waals surface area contributed by atoms with Gasteiger partial charge in [0, 0.05) is 29.7 Å². The molecule has 4 rings (SSSR count). The molecule has 1 aliphatic heterocycles. The number of nitrogens with one attached hydrogen (secondary N) is 2. The van der Waals surface area contributed by atoms with E-state index < -0.39 is 11.7 Å². The monoisotopic (exact) mass is 370 g/mol. The molecular formula is C22H21F3N2. The van der Waals surface area contributed by atoms with Gasteiger partial charge in [0.2, 0.25) is 0 Å². The quantitative estimate of drug-likeness (QED) is 0.618. The van der Waals surface area contributed by atoms with E-state index in [9.17, 15) is 13.2 Å². The van der Waals surface area contributed by atoms with E-state index in [1.165, 1.54) is 23.1 Å². The summed E-state index contributed by atoms with van der Waals surface area (Å²) in [5.41, 5.74) is 3.50. The number of fused-ring (bicyclic) bond motifs is 1. The number of halogens is 3. The van der Waals surface area contributed by atoms with E-state index in [1.54, 1.807) is 6.07 Å². The second kappa shape index (κ2) is 7.24. The summed E-state index contributed by atoms with van der Waals surface area (Å²) < 4.78 is 39.0. The standard InChI is InChI=1S/C22H21F3N2/c23-22(24,25)18-5-1-4-16(13-18)17-9-11-26-19(14-17)8-7-15-3-2-6-21-20(15)10-12-27-21/h1-6,9-10,12-13,19,26-27H,7-8,11,14H2. The predicted octanol–water partition coefficient (Wildman–Crippen LogP) is 5.56. The minimum atomic E-state index is -4.31. The lowest BCUT2D eigenvalue weighted by atomic mass is 9.91. The molecule has 27 heavy (non-hydrogen) atoms. The molecule has 2 aromatic carbocycles. The van der Waals surface area contributed by atoms with Gasteiger partial charge >= 0.3 is 6.18 Å². The van der Waals surface area contributed by atoms with Crippen LogP contribution in [0.4, 0.5) is 13.2 Å². The lowest BCUT2D eigenvalue weighted by molar-refractivity contribution is -0.137. The highest BCUT2D eigenvalue weighted by Gasteiger charge is 2.30. The molecule has 1 unspecified atom stereocenters. The van der Waals surface area contributed by atoms with E-state index in [4.69, 9.17) is 0 Å². The van der Waals surface area contributed by atoms with Gasteiger partial charge in [0.1, 0.15) is 0 Å². The lowest BCUT2D eigenvalue weighted by Crippen LogP contribution is -2.33. The number of aryl methyl sites for hydroxylation is 1. The van der Waals surface area contributed by atoms with Crippen molar-refractivity contribution in [2.24, 2.45) is 0 Å². The molecule has 0 saturated carbocycles. The Hall–Kier alpha value is -2.53. The van der Waals surface area contributed by atoms with E-state index >= 15 is 0 Å². The summed E-state index contributed by atoms with van der Waals surface area (Å²) in [5.74, 6) is 0. The largest absolute Gasteiger partial charge is 0.416 e. The highest BCUT2D eigenvalue weighted by molar-refractivity contribution is 5.82. The molecule has 140 valence electrons. The molecule has 1 atom stereocenters. The van der Waals surface area contributed by atoms with Crippen LogP contribution in [0.5, 0.6) is 0 Å². The zero-order valence-electron chi connectivity index (χ0n) is 14.8. The maximum Gasteiger partial charge on any atom is 0.416 e. The average Bonchev–Trinajstić information content (AvgIpc) is 3.15. The van der Waals surface area contributed by atoms with Gasteiger partial charge in [-0.2, -0.15) is 13.2 Å². The molecule has 1 aromatic heterocycles. The molecule has 0 radical (unpaired) electrons. The van der Waals surface area contributed by atoms with Crippen molar-refractivity contribution in [2.75, 3.05) is 6.54 Å². The smallest absolute Gasteiger partial charge is 0.361 e. The Morgan fingerprint density at radius 2 is 1.89 bits per heavy atom. The first-order valence-corrected chi connectivity index (χ1v) is 9.16. The first-order valence-electron chi connectivity index (χ1n) is 9.16. The van der Waals surface area contributed by atoms with Gasteiger partial charge in [-0.05, 0) is 60.2 Å². The molecule has 0 amide bonds. The summed E-state index contributed by atoms with van der Waals surface area (Å²) in [4.78, 5) is 3.23. The van der Waals surface area contributed by atoms with Crippen LogP contribution in [0.3, 0.4) is 0 Å². The number of H-pyrrole nitrogens is 1. The second-order valence-electron chi connectivity index (χ2n) is 7.01. The molecule has 0 saturated heterocycles. The van der Waals surface area contributed by atoms with Gasteiger partial charge in [0.25, 0.3) is 0 Å². The fourth-order valence-electron chi connectivity index (χ4n) is 3.80. The van der Waals surface area contributed by atoms with Gasteiger partial charge in [0.15, 0.2) is 0 Å². The van der Waals surface area contributed by atoms with Gasteiger partial charge < -0.3 is 10.3 Å². The number of hydrogen-bond acceptors (Lipinski definition) is 1. The van der Waals surface area contributed by atoms with Crippen molar-refractivity contribution in [3.8, 4) is 0 Å². The number of alkyl halides is 3. The molecule has 0 fully saturated rings. The van der Waals surface area contributed by atoms with Gasteiger partial charge in [-0.3, -0.25) is 0 Å².